The molecular formula is C26H46O4Si2. The van der Waals surface area contributed by atoms with Gasteiger partial charge in [0, 0.05) is 5.92 Å². The first-order valence-electron chi connectivity index (χ1n) is 12.3. The van der Waals surface area contributed by atoms with Crippen LogP contribution in [0.1, 0.15) is 67.2 Å². The van der Waals surface area contributed by atoms with Gasteiger partial charge in [0.25, 0.3) is 8.32 Å². The molecule has 1 saturated heterocycles. The van der Waals surface area contributed by atoms with Crippen molar-refractivity contribution < 1.29 is 18.4 Å². The maximum Gasteiger partial charge on any atom is 0.250 e. The van der Waals surface area contributed by atoms with Crippen molar-refractivity contribution >= 4 is 22.4 Å². The van der Waals surface area contributed by atoms with Crippen LogP contribution in [0.3, 0.4) is 0 Å². The Morgan fingerprint density at radius 1 is 1.09 bits per heavy atom. The first-order chi connectivity index (χ1) is 14.4. The first kappa shape index (κ1) is 25.9. The summed E-state index contributed by atoms with van der Waals surface area (Å²) in [7, 11) is -4.15. The Morgan fingerprint density at radius 3 is 2.22 bits per heavy atom. The highest BCUT2D eigenvalue weighted by Gasteiger charge is 2.67. The molecule has 0 aromatic heterocycles. The number of ether oxygens (including phenoxy) is 1. The van der Waals surface area contributed by atoms with Crippen molar-refractivity contribution in [1.82, 2.24) is 0 Å². The summed E-state index contributed by atoms with van der Waals surface area (Å²) in [5.74, 6) is 0.775. The molecule has 4 nitrogen and oxygen atoms in total. The smallest absolute Gasteiger partial charge is 0.250 e. The summed E-state index contributed by atoms with van der Waals surface area (Å²) >= 11 is 0. The van der Waals surface area contributed by atoms with E-state index in [0.29, 0.717) is 12.4 Å². The Balaban J connectivity index is 2.04. The van der Waals surface area contributed by atoms with Crippen LogP contribution in [0, 0.1) is 11.8 Å². The molecule has 0 unspecified atom stereocenters. The van der Waals surface area contributed by atoms with E-state index in [2.05, 4.69) is 74.3 Å². The number of fused-ring (bicyclic) bond motifs is 1. The van der Waals surface area contributed by atoms with Gasteiger partial charge in [0.1, 0.15) is 17.0 Å². The number of Topliss-reactive ketones (excluding diaryl/α,β-unsaturated/α-hetero) is 1. The zero-order valence-electron chi connectivity index (χ0n) is 22.2. The molecule has 1 aliphatic carbocycles. The molecule has 2 aliphatic heterocycles. The van der Waals surface area contributed by atoms with Crippen LogP contribution in [0.15, 0.2) is 24.5 Å². The zero-order chi connectivity index (χ0) is 24.4. The van der Waals surface area contributed by atoms with Crippen molar-refractivity contribution in [3.63, 3.8) is 0 Å². The van der Waals surface area contributed by atoms with Crippen molar-refractivity contribution in [2.75, 3.05) is 6.61 Å². The lowest BCUT2D eigenvalue weighted by Gasteiger charge is -2.47. The highest BCUT2D eigenvalue weighted by molar-refractivity contribution is 6.74. The molecule has 3 rings (SSSR count). The van der Waals surface area contributed by atoms with Gasteiger partial charge >= 0.3 is 0 Å². The predicted octanol–water partition coefficient (Wildman–Crippen LogP) is 7.00. The largest absolute Gasteiger partial charge is 0.541 e. The third kappa shape index (κ3) is 4.14. The molecule has 2 bridgehead atoms. The summed E-state index contributed by atoms with van der Waals surface area (Å²) in [6, 6.07) is 0. The molecule has 1 saturated carbocycles. The van der Waals surface area contributed by atoms with Crippen molar-refractivity contribution in [3.05, 3.63) is 24.5 Å². The fourth-order valence-electron chi connectivity index (χ4n) is 4.95. The van der Waals surface area contributed by atoms with E-state index in [1.54, 1.807) is 0 Å². The minimum absolute atomic E-state index is 0.0117. The standard InChI is InChI=1S/C26H46O4Si2/c1-12-19-14-13-15-20-16-25(18-28-31(8,9)23(2,3)4)17-21(22(27)26(19,20)30-25)29-32(10,11)24(5,6)7/h12,17,19-20H,1,13-16,18H2,2-11H3/t19-,20-,25+,26-/m1/s1. The summed E-state index contributed by atoms with van der Waals surface area (Å²) in [5, 5.41) is 0.128. The Kier molecular flexibility index (Phi) is 6.42. The zero-order valence-corrected chi connectivity index (χ0v) is 24.2. The van der Waals surface area contributed by atoms with Gasteiger partial charge in [-0.05, 0) is 67.5 Å². The summed E-state index contributed by atoms with van der Waals surface area (Å²) in [6.45, 7) is 27.0. The van der Waals surface area contributed by atoms with Gasteiger partial charge in [-0.1, -0.05) is 54.0 Å². The van der Waals surface area contributed by atoms with Gasteiger partial charge in [0.15, 0.2) is 8.32 Å². The van der Waals surface area contributed by atoms with Gasteiger partial charge in [-0.2, -0.15) is 0 Å². The maximum atomic E-state index is 14.0. The number of carbonyl (C=O) groups excluding carboxylic acids is 1. The first-order valence-corrected chi connectivity index (χ1v) is 18.2. The molecule has 32 heavy (non-hydrogen) atoms. The molecule has 0 amide bonds. The van der Waals surface area contributed by atoms with Crippen LogP contribution in [-0.2, 0) is 18.4 Å². The lowest BCUT2D eigenvalue weighted by Crippen LogP contribution is -2.58. The normalized spacial score (nSPS) is 33.6. The van der Waals surface area contributed by atoms with Crippen LogP contribution in [0.4, 0.5) is 0 Å². The van der Waals surface area contributed by atoms with Crippen LogP contribution < -0.4 is 0 Å². The van der Waals surface area contributed by atoms with Crippen molar-refractivity contribution in [2.45, 2.75) is 115 Å². The number of hydrogen-bond acceptors (Lipinski definition) is 4. The van der Waals surface area contributed by atoms with Gasteiger partial charge < -0.3 is 13.6 Å². The molecule has 2 fully saturated rings. The van der Waals surface area contributed by atoms with Crippen LogP contribution in [-0.4, -0.2) is 40.2 Å². The van der Waals surface area contributed by atoms with Crippen LogP contribution in [0.25, 0.3) is 0 Å². The Hall–Kier alpha value is -0.696. The number of ketones is 1. The molecule has 0 aromatic rings. The van der Waals surface area contributed by atoms with Crippen molar-refractivity contribution in [2.24, 2.45) is 11.8 Å². The van der Waals surface area contributed by atoms with Gasteiger partial charge in [-0.25, -0.2) is 0 Å². The molecule has 1 spiro atoms. The third-order valence-electron chi connectivity index (χ3n) is 9.10. The van der Waals surface area contributed by atoms with Gasteiger partial charge in [0.2, 0.25) is 5.78 Å². The monoisotopic (exact) mass is 478 g/mol. The summed E-state index contributed by atoms with van der Waals surface area (Å²) in [4.78, 5) is 14.0. The minimum Gasteiger partial charge on any atom is -0.541 e. The van der Waals surface area contributed by atoms with Crippen LogP contribution in [0.2, 0.25) is 36.3 Å². The fraction of sp³-hybridized carbons (Fsp3) is 0.808. The fourth-order valence-corrected chi connectivity index (χ4v) is 7.00. The van der Waals surface area contributed by atoms with E-state index in [0.717, 1.165) is 25.7 Å². The number of hydrogen-bond donors (Lipinski definition) is 0. The maximum absolute atomic E-state index is 14.0. The quantitative estimate of drug-likeness (QED) is 0.304. The van der Waals surface area contributed by atoms with E-state index in [1.165, 1.54) is 0 Å². The Morgan fingerprint density at radius 2 is 1.69 bits per heavy atom. The molecule has 0 radical (unpaired) electrons. The van der Waals surface area contributed by atoms with E-state index in [4.69, 9.17) is 13.6 Å². The molecule has 2 heterocycles. The molecule has 0 N–H and O–H groups in total. The topological polar surface area (TPSA) is 44.8 Å². The van der Waals surface area contributed by atoms with Gasteiger partial charge in [0.05, 0.1) is 6.61 Å². The molecular weight excluding hydrogens is 432 g/mol. The molecule has 0 aromatic carbocycles. The van der Waals surface area contributed by atoms with E-state index < -0.39 is 27.8 Å². The highest BCUT2D eigenvalue weighted by Crippen LogP contribution is 2.58. The minimum atomic E-state index is -2.18. The van der Waals surface area contributed by atoms with Gasteiger partial charge in [-0.3, -0.25) is 4.79 Å². The second-order valence-corrected chi connectivity index (χ2v) is 22.9. The Labute approximate surface area is 198 Å². The summed E-state index contributed by atoms with van der Waals surface area (Å²) < 4.78 is 20.3. The average molecular weight is 479 g/mol. The second-order valence-electron chi connectivity index (χ2n) is 13.4. The predicted molar refractivity (Wildman–Crippen MR) is 137 cm³/mol. The molecule has 182 valence electrons. The van der Waals surface area contributed by atoms with E-state index >= 15 is 0 Å². The van der Waals surface area contributed by atoms with E-state index in [1.807, 2.05) is 12.2 Å². The lowest BCUT2D eigenvalue weighted by molar-refractivity contribution is -0.172. The van der Waals surface area contributed by atoms with E-state index in [9.17, 15) is 4.79 Å². The van der Waals surface area contributed by atoms with Crippen LogP contribution in [0.5, 0.6) is 0 Å². The van der Waals surface area contributed by atoms with E-state index in [-0.39, 0.29) is 27.7 Å². The van der Waals surface area contributed by atoms with Crippen LogP contribution >= 0.6 is 0 Å². The Bertz CT molecular complexity index is 802. The lowest BCUT2D eigenvalue weighted by atomic mass is 9.66. The molecule has 3 aliphatic rings. The summed E-state index contributed by atoms with van der Waals surface area (Å²) in [6.07, 6.45) is 7.84. The van der Waals surface area contributed by atoms with Crippen molar-refractivity contribution in [1.29, 1.82) is 0 Å². The highest BCUT2D eigenvalue weighted by atomic mass is 28.4. The molecule has 6 heteroatoms. The summed E-state index contributed by atoms with van der Waals surface area (Å²) in [5.41, 5.74) is -1.44. The third-order valence-corrected chi connectivity index (χ3v) is 17.9. The number of carbonyl (C=O) groups is 1. The van der Waals surface area contributed by atoms with Gasteiger partial charge in [-0.15, -0.1) is 6.58 Å². The molecule has 4 atom stereocenters. The second kappa shape index (κ2) is 7.92. The average Bonchev–Trinajstić information content (AvgIpc) is 2.94. The number of rotatable bonds is 6. The SMILES string of the molecule is C=C[C@@H]1CCC[C@@H]2C[C@@]3(CO[Si](C)(C)C(C)(C)C)C=C(O[Si](C)(C)C(C)(C)C)C(=O)[C@]21O3. The van der Waals surface area contributed by atoms with Crippen molar-refractivity contribution in [3.8, 4) is 0 Å².